The molecule has 2 heteroatoms. The average molecular weight is 183 g/mol. The Kier molecular flexibility index (Phi) is 4.46. The van der Waals surface area contributed by atoms with Gasteiger partial charge in [0.15, 0.2) is 0 Å². The third-order valence-electron chi connectivity index (χ3n) is 2.94. The summed E-state index contributed by atoms with van der Waals surface area (Å²) in [7, 11) is 1.78. The van der Waals surface area contributed by atoms with Gasteiger partial charge in [-0.05, 0) is 19.3 Å². The van der Waals surface area contributed by atoms with Crippen LogP contribution >= 0.6 is 0 Å². The molecule has 0 aromatic rings. The van der Waals surface area contributed by atoms with Crippen LogP contribution in [-0.2, 0) is 4.74 Å². The Morgan fingerprint density at radius 3 is 2.69 bits per heavy atom. The Labute approximate surface area is 81.6 Å². The van der Waals surface area contributed by atoms with Crippen molar-refractivity contribution in [3.8, 4) is 0 Å². The van der Waals surface area contributed by atoms with Crippen molar-refractivity contribution in [1.29, 1.82) is 0 Å². The summed E-state index contributed by atoms with van der Waals surface area (Å²) >= 11 is 0. The summed E-state index contributed by atoms with van der Waals surface area (Å²) in [5.41, 5.74) is 0. The molecule has 2 unspecified atom stereocenters. The number of methoxy groups -OCH3 is 1. The molecule has 1 aliphatic heterocycles. The normalized spacial score (nSPS) is 29.4. The first kappa shape index (κ1) is 10.7. The van der Waals surface area contributed by atoms with Gasteiger partial charge < -0.3 is 4.74 Å². The zero-order valence-electron chi connectivity index (χ0n) is 8.83. The lowest BCUT2D eigenvalue weighted by atomic mass is 10.1. The van der Waals surface area contributed by atoms with Gasteiger partial charge in [-0.3, -0.25) is 4.90 Å². The van der Waals surface area contributed by atoms with E-state index in [9.17, 15) is 0 Å². The van der Waals surface area contributed by atoms with Gasteiger partial charge in [0.2, 0.25) is 0 Å². The minimum absolute atomic E-state index is 0.618. The minimum atomic E-state index is 0.618. The van der Waals surface area contributed by atoms with Crippen LogP contribution in [-0.4, -0.2) is 37.2 Å². The second-order valence-corrected chi connectivity index (χ2v) is 3.73. The molecule has 0 amide bonds. The van der Waals surface area contributed by atoms with E-state index >= 15 is 0 Å². The molecule has 0 aliphatic carbocycles. The molecular weight excluding hydrogens is 162 g/mol. The van der Waals surface area contributed by atoms with E-state index in [0.717, 1.165) is 19.2 Å². The number of hydrogen-bond acceptors (Lipinski definition) is 2. The Balaban J connectivity index is 2.50. The van der Waals surface area contributed by atoms with E-state index in [0.29, 0.717) is 6.04 Å². The second kappa shape index (κ2) is 5.40. The van der Waals surface area contributed by atoms with E-state index in [1.54, 1.807) is 7.11 Å². The first-order chi connectivity index (χ1) is 6.33. The van der Waals surface area contributed by atoms with E-state index in [2.05, 4.69) is 18.4 Å². The standard InChI is InChI=1S/C11H21NO/c1-4-8-12-10(5-2)6-7-11(12)9-13-3/h4,10-11H,1,5-9H2,2-3H3. The lowest BCUT2D eigenvalue weighted by Gasteiger charge is -2.27. The fourth-order valence-electron chi connectivity index (χ4n) is 2.27. The SMILES string of the molecule is C=CCN1C(CC)CCC1COC. The van der Waals surface area contributed by atoms with Crippen molar-refractivity contribution in [1.82, 2.24) is 4.90 Å². The highest BCUT2D eigenvalue weighted by atomic mass is 16.5. The molecule has 2 atom stereocenters. The molecule has 76 valence electrons. The van der Waals surface area contributed by atoms with Crippen LogP contribution < -0.4 is 0 Å². The van der Waals surface area contributed by atoms with Crippen molar-refractivity contribution in [3.05, 3.63) is 12.7 Å². The van der Waals surface area contributed by atoms with Gasteiger partial charge in [-0.25, -0.2) is 0 Å². The summed E-state index contributed by atoms with van der Waals surface area (Å²) < 4.78 is 5.22. The number of hydrogen-bond donors (Lipinski definition) is 0. The van der Waals surface area contributed by atoms with Crippen LogP contribution in [0.25, 0.3) is 0 Å². The molecule has 0 spiro atoms. The summed E-state index contributed by atoms with van der Waals surface area (Å²) in [4.78, 5) is 2.52. The van der Waals surface area contributed by atoms with Crippen LogP contribution in [0.4, 0.5) is 0 Å². The quantitative estimate of drug-likeness (QED) is 0.605. The Morgan fingerprint density at radius 1 is 1.46 bits per heavy atom. The summed E-state index contributed by atoms with van der Waals surface area (Å²) in [6, 6.07) is 1.37. The van der Waals surface area contributed by atoms with Crippen molar-refractivity contribution < 1.29 is 4.74 Å². The molecule has 0 radical (unpaired) electrons. The third-order valence-corrected chi connectivity index (χ3v) is 2.94. The molecule has 0 bridgehead atoms. The van der Waals surface area contributed by atoms with Crippen molar-refractivity contribution in [2.45, 2.75) is 38.3 Å². The van der Waals surface area contributed by atoms with Gasteiger partial charge in [0.1, 0.15) is 0 Å². The smallest absolute Gasteiger partial charge is 0.0618 e. The molecule has 0 saturated carbocycles. The topological polar surface area (TPSA) is 12.5 Å². The van der Waals surface area contributed by atoms with Gasteiger partial charge in [0, 0.05) is 25.7 Å². The molecule has 2 nitrogen and oxygen atoms in total. The van der Waals surface area contributed by atoms with E-state index < -0.39 is 0 Å². The van der Waals surface area contributed by atoms with Gasteiger partial charge in [-0.15, -0.1) is 6.58 Å². The minimum Gasteiger partial charge on any atom is -0.383 e. The largest absolute Gasteiger partial charge is 0.383 e. The predicted octanol–water partition coefficient (Wildman–Crippen LogP) is 2.06. The summed E-state index contributed by atoms with van der Waals surface area (Å²) in [5.74, 6) is 0. The average Bonchev–Trinajstić information content (AvgIpc) is 2.50. The van der Waals surface area contributed by atoms with E-state index in [4.69, 9.17) is 4.74 Å². The maximum Gasteiger partial charge on any atom is 0.0618 e. The molecule has 0 N–H and O–H groups in total. The first-order valence-corrected chi connectivity index (χ1v) is 5.19. The lowest BCUT2D eigenvalue weighted by molar-refractivity contribution is 0.104. The van der Waals surface area contributed by atoms with Gasteiger partial charge in [0.25, 0.3) is 0 Å². The van der Waals surface area contributed by atoms with Crippen LogP contribution in [0.2, 0.25) is 0 Å². The third kappa shape index (κ3) is 2.55. The molecule has 1 heterocycles. The van der Waals surface area contributed by atoms with Crippen LogP contribution in [0, 0.1) is 0 Å². The fraction of sp³-hybridized carbons (Fsp3) is 0.818. The fourth-order valence-corrected chi connectivity index (χ4v) is 2.27. The zero-order chi connectivity index (χ0) is 9.68. The number of ether oxygens (including phenoxy) is 1. The van der Waals surface area contributed by atoms with Gasteiger partial charge in [-0.1, -0.05) is 13.0 Å². The Hall–Kier alpha value is -0.340. The second-order valence-electron chi connectivity index (χ2n) is 3.73. The van der Waals surface area contributed by atoms with Gasteiger partial charge >= 0.3 is 0 Å². The Bertz CT molecular complexity index is 158. The highest BCUT2D eigenvalue weighted by molar-refractivity contribution is 4.90. The maximum atomic E-state index is 5.22. The van der Waals surface area contributed by atoms with Crippen molar-refractivity contribution in [2.75, 3.05) is 20.3 Å². The van der Waals surface area contributed by atoms with Gasteiger partial charge in [-0.2, -0.15) is 0 Å². The molecule has 0 aromatic heterocycles. The van der Waals surface area contributed by atoms with Crippen molar-refractivity contribution in [3.63, 3.8) is 0 Å². The number of nitrogens with zero attached hydrogens (tertiary/aromatic N) is 1. The highest BCUT2D eigenvalue weighted by Crippen LogP contribution is 2.25. The van der Waals surface area contributed by atoms with Crippen LogP contribution in [0.1, 0.15) is 26.2 Å². The van der Waals surface area contributed by atoms with Crippen LogP contribution in [0.3, 0.4) is 0 Å². The molecule has 1 rings (SSSR count). The van der Waals surface area contributed by atoms with Gasteiger partial charge in [0.05, 0.1) is 6.61 Å². The zero-order valence-corrected chi connectivity index (χ0v) is 8.83. The summed E-state index contributed by atoms with van der Waals surface area (Å²) in [6.45, 7) is 7.94. The molecular formula is C11H21NO. The van der Waals surface area contributed by atoms with Crippen LogP contribution in [0.5, 0.6) is 0 Å². The molecule has 0 aromatic carbocycles. The molecule has 1 fully saturated rings. The lowest BCUT2D eigenvalue weighted by Crippen LogP contribution is -2.38. The number of rotatable bonds is 5. The summed E-state index contributed by atoms with van der Waals surface area (Å²) in [6.07, 6.45) is 5.84. The van der Waals surface area contributed by atoms with Crippen molar-refractivity contribution >= 4 is 0 Å². The number of likely N-dealkylation sites (tertiary alicyclic amines) is 1. The molecule has 1 aliphatic rings. The van der Waals surface area contributed by atoms with Crippen molar-refractivity contribution in [2.24, 2.45) is 0 Å². The first-order valence-electron chi connectivity index (χ1n) is 5.19. The monoisotopic (exact) mass is 183 g/mol. The molecule has 13 heavy (non-hydrogen) atoms. The van der Waals surface area contributed by atoms with E-state index in [1.165, 1.54) is 19.3 Å². The van der Waals surface area contributed by atoms with Crippen LogP contribution in [0.15, 0.2) is 12.7 Å². The Morgan fingerprint density at radius 2 is 2.15 bits per heavy atom. The maximum absolute atomic E-state index is 5.22. The highest BCUT2D eigenvalue weighted by Gasteiger charge is 2.30. The summed E-state index contributed by atoms with van der Waals surface area (Å²) in [5, 5.41) is 0. The predicted molar refractivity (Wildman–Crippen MR) is 55.9 cm³/mol. The van der Waals surface area contributed by atoms with E-state index in [-0.39, 0.29) is 0 Å². The molecule has 1 saturated heterocycles. The van der Waals surface area contributed by atoms with E-state index in [1.807, 2.05) is 6.08 Å².